The molecule has 0 fully saturated rings. The summed E-state index contributed by atoms with van der Waals surface area (Å²) in [5, 5.41) is 11.3. The van der Waals surface area contributed by atoms with Crippen molar-refractivity contribution in [3.63, 3.8) is 0 Å². The summed E-state index contributed by atoms with van der Waals surface area (Å²) in [6.45, 7) is 4.55. The molecule has 5 rings (SSSR count). The molecule has 33 heavy (non-hydrogen) atoms. The lowest BCUT2D eigenvalue weighted by Crippen LogP contribution is -2.34. The molecule has 0 radical (unpaired) electrons. The van der Waals surface area contributed by atoms with Crippen molar-refractivity contribution >= 4 is 73.3 Å². The molecule has 11 heteroatoms. The van der Waals surface area contributed by atoms with Crippen molar-refractivity contribution < 1.29 is 14.3 Å². The number of pyridine rings is 1. The number of halogens is 1. The number of carbonyl (C=O) groups excluding carboxylic acids is 2. The fourth-order valence-electron chi connectivity index (χ4n) is 3.68. The molecule has 0 aliphatic carbocycles. The SMILES string of the molecule is CCOC(=O)c1cnc(Nc2ccc3c(ccc4sc5c(c43)NC[C@H](C)NC5=O)n2)nc1Cl. The maximum absolute atomic E-state index is 12.6. The molecule has 4 heterocycles. The Labute approximate surface area is 197 Å². The van der Waals surface area contributed by atoms with Gasteiger partial charge in [-0.3, -0.25) is 4.79 Å². The van der Waals surface area contributed by atoms with E-state index in [4.69, 9.17) is 16.3 Å². The average molecular weight is 483 g/mol. The summed E-state index contributed by atoms with van der Waals surface area (Å²) >= 11 is 7.59. The van der Waals surface area contributed by atoms with Gasteiger partial charge in [0.15, 0.2) is 0 Å². The number of carbonyl (C=O) groups is 2. The van der Waals surface area contributed by atoms with Gasteiger partial charge in [-0.25, -0.2) is 14.8 Å². The van der Waals surface area contributed by atoms with Crippen molar-refractivity contribution in [2.45, 2.75) is 19.9 Å². The van der Waals surface area contributed by atoms with Crippen LogP contribution in [-0.2, 0) is 4.74 Å². The largest absolute Gasteiger partial charge is 0.462 e. The molecule has 1 aromatic carbocycles. The number of rotatable bonds is 4. The Morgan fingerprint density at radius 1 is 1.30 bits per heavy atom. The van der Waals surface area contributed by atoms with Crippen LogP contribution in [0.1, 0.15) is 33.9 Å². The Morgan fingerprint density at radius 3 is 2.94 bits per heavy atom. The van der Waals surface area contributed by atoms with Gasteiger partial charge >= 0.3 is 5.97 Å². The van der Waals surface area contributed by atoms with E-state index < -0.39 is 5.97 Å². The van der Waals surface area contributed by atoms with Crippen LogP contribution in [-0.4, -0.2) is 46.0 Å². The number of esters is 1. The minimum absolute atomic E-state index is 0.00649. The standard InChI is InChI=1S/C22H19ClN6O3S/c1-3-32-21(31)12-9-25-22(29-19(12)23)28-15-7-4-11-13(27-15)5-6-14-16(11)17-18(33-14)20(30)26-10(2)8-24-17/h4-7,9-10,24H,3,8H2,1-2H3,(H,26,30)(H,25,27,28,29)/t10-/m0/s1. The molecule has 168 valence electrons. The first-order chi connectivity index (χ1) is 15.9. The highest BCUT2D eigenvalue weighted by atomic mass is 35.5. The van der Waals surface area contributed by atoms with Crippen LogP contribution in [0.15, 0.2) is 30.5 Å². The molecule has 0 spiro atoms. The first-order valence-corrected chi connectivity index (χ1v) is 11.5. The Bertz CT molecular complexity index is 1420. The van der Waals surface area contributed by atoms with E-state index in [0.29, 0.717) is 17.2 Å². The van der Waals surface area contributed by atoms with Crippen LogP contribution in [0, 0.1) is 0 Å². The second-order valence-electron chi connectivity index (χ2n) is 7.51. The van der Waals surface area contributed by atoms with E-state index in [2.05, 4.69) is 30.9 Å². The minimum atomic E-state index is -0.575. The third-order valence-corrected chi connectivity index (χ3v) is 6.61. The monoisotopic (exact) mass is 482 g/mol. The molecule has 0 unspecified atom stereocenters. The molecule has 4 aromatic rings. The number of amides is 1. The van der Waals surface area contributed by atoms with E-state index in [-0.39, 0.29) is 35.2 Å². The lowest BCUT2D eigenvalue weighted by molar-refractivity contribution is 0.0525. The zero-order chi connectivity index (χ0) is 23.1. The van der Waals surface area contributed by atoms with Gasteiger partial charge in [0.1, 0.15) is 21.4 Å². The van der Waals surface area contributed by atoms with Crippen molar-refractivity contribution in [1.82, 2.24) is 20.3 Å². The Morgan fingerprint density at radius 2 is 2.15 bits per heavy atom. The summed E-state index contributed by atoms with van der Waals surface area (Å²) in [4.78, 5) is 38.1. The number of ether oxygens (including phenoxy) is 1. The zero-order valence-electron chi connectivity index (χ0n) is 17.7. The van der Waals surface area contributed by atoms with Crippen molar-refractivity contribution in [2.24, 2.45) is 0 Å². The van der Waals surface area contributed by atoms with E-state index in [9.17, 15) is 9.59 Å². The fourth-order valence-corrected chi connectivity index (χ4v) is 4.98. The van der Waals surface area contributed by atoms with Crippen LogP contribution < -0.4 is 16.0 Å². The molecule has 1 aliphatic heterocycles. The van der Waals surface area contributed by atoms with Gasteiger partial charge in [0.25, 0.3) is 5.91 Å². The van der Waals surface area contributed by atoms with E-state index in [1.165, 1.54) is 17.5 Å². The third-order valence-electron chi connectivity index (χ3n) is 5.17. The molecular weight excluding hydrogens is 464 g/mol. The number of nitrogens with zero attached hydrogens (tertiary/aromatic N) is 3. The quantitative estimate of drug-likeness (QED) is 0.290. The predicted octanol–water partition coefficient (Wildman–Crippen LogP) is 4.36. The second kappa shape index (κ2) is 8.45. The maximum atomic E-state index is 12.6. The Hall–Kier alpha value is -3.50. The number of aromatic nitrogens is 3. The number of fused-ring (bicyclic) bond motifs is 5. The first-order valence-electron chi connectivity index (χ1n) is 10.3. The molecule has 3 aromatic heterocycles. The van der Waals surface area contributed by atoms with Crippen LogP contribution in [0.3, 0.4) is 0 Å². The molecule has 0 bridgehead atoms. The molecule has 1 amide bonds. The number of nitrogens with one attached hydrogen (secondary N) is 3. The number of hydrogen-bond acceptors (Lipinski definition) is 9. The summed E-state index contributed by atoms with van der Waals surface area (Å²) in [5.74, 6) is 0.0806. The third kappa shape index (κ3) is 3.91. The summed E-state index contributed by atoms with van der Waals surface area (Å²) < 4.78 is 5.95. The Kier molecular flexibility index (Phi) is 5.47. The number of hydrogen-bond donors (Lipinski definition) is 3. The van der Waals surface area contributed by atoms with Crippen LogP contribution >= 0.6 is 22.9 Å². The van der Waals surface area contributed by atoms with Gasteiger partial charge in [-0.2, -0.15) is 4.98 Å². The normalized spacial score (nSPS) is 15.5. The average Bonchev–Trinajstić information content (AvgIpc) is 3.10. The molecule has 1 atom stereocenters. The van der Waals surface area contributed by atoms with E-state index >= 15 is 0 Å². The van der Waals surface area contributed by atoms with Gasteiger partial charge in [-0.05, 0) is 38.1 Å². The lowest BCUT2D eigenvalue weighted by Gasteiger charge is -2.10. The Balaban J connectivity index is 1.49. The molecular formula is C22H19ClN6O3S. The van der Waals surface area contributed by atoms with E-state index in [1.54, 1.807) is 6.92 Å². The number of thiophene rings is 1. The van der Waals surface area contributed by atoms with Gasteiger partial charge < -0.3 is 20.7 Å². The fraction of sp³-hybridized carbons (Fsp3) is 0.227. The second-order valence-corrected chi connectivity index (χ2v) is 8.92. The summed E-state index contributed by atoms with van der Waals surface area (Å²) in [6, 6.07) is 7.67. The smallest absolute Gasteiger partial charge is 0.342 e. The lowest BCUT2D eigenvalue weighted by atomic mass is 10.1. The molecule has 0 saturated carbocycles. The maximum Gasteiger partial charge on any atom is 0.342 e. The van der Waals surface area contributed by atoms with Crippen molar-refractivity contribution in [3.8, 4) is 0 Å². The van der Waals surface area contributed by atoms with Crippen LogP contribution in [0.2, 0.25) is 5.15 Å². The predicted molar refractivity (Wildman–Crippen MR) is 129 cm³/mol. The van der Waals surface area contributed by atoms with Crippen molar-refractivity contribution in [1.29, 1.82) is 0 Å². The summed E-state index contributed by atoms with van der Waals surface area (Å²) in [6.07, 6.45) is 1.32. The van der Waals surface area contributed by atoms with Gasteiger partial charge in [0.2, 0.25) is 5.95 Å². The van der Waals surface area contributed by atoms with Crippen LogP contribution in [0.5, 0.6) is 0 Å². The minimum Gasteiger partial charge on any atom is -0.462 e. The molecule has 0 saturated heterocycles. The van der Waals surface area contributed by atoms with E-state index in [1.807, 2.05) is 31.2 Å². The van der Waals surface area contributed by atoms with Crippen molar-refractivity contribution in [2.75, 3.05) is 23.8 Å². The van der Waals surface area contributed by atoms with Gasteiger partial charge in [0.05, 0.1) is 17.8 Å². The van der Waals surface area contributed by atoms with Crippen molar-refractivity contribution in [3.05, 3.63) is 46.1 Å². The van der Waals surface area contributed by atoms with Gasteiger partial charge in [-0.1, -0.05) is 11.6 Å². The number of anilines is 3. The summed E-state index contributed by atoms with van der Waals surface area (Å²) in [5.41, 5.74) is 1.69. The van der Waals surface area contributed by atoms with Gasteiger partial charge in [0, 0.05) is 34.3 Å². The summed E-state index contributed by atoms with van der Waals surface area (Å²) in [7, 11) is 0. The first kappa shape index (κ1) is 21.4. The highest BCUT2D eigenvalue weighted by molar-refractivity contribution is 7.21. The zero-order valence-corrected chi connectivity index (χ0v) is 19.3. The van der Waals surface area contributed by atoms with Crippen LogP contribution in [0.4, 0.5) is 17.5 Å². The van der Waals surface area contributed by atoms with Crippen LogP contribution in [0.25, 0.3) is 21.0 Å². The molecule has 9 nitrogen and oxygen atoms in total. The molecule has 1 aliphatic rings. The highest BCUT2D eigenvalue weighted by Gasteiger charge is 2.24. The van der Waals surface area contributed by atoms with Gasteiger partial charge in [-0.15, -0.1) is 11.3 Å². The molecule has 3 N–H and O–H groups in total. The van der Waals surface area contributed by atoms with E-state index in [0.717, 1.165) is 26.7 Å². The highest BCUT2D eigenvalue weighted by Crippen LogP contribution is 2.41. The topological polar surface area (TPSA) is 118 Å². The number of benzene rings is 1.